The van der Waals surface area contributed by atoms with Gasteiger partial charge in [-0.1, -0.05) is 5.92 Å². The average molecular weight is 224 g/mol. The Morgan fingerprint density at radius 3 is 3.06 bits per heavy atom. The van der Waals surface area contributed by atoms with Crippen molar-refractivity contribution < 1.29 is 9.53 Å². The van der Waals surface area contributed by atoms with Gasteiger partial charge in [-0.15, -0.1) is 6.42 Å². The third kappa shape index (κ3) is 4.65. The largest absolute Gasteiger partial charge is 0.377 e. The van der Waals surface area contributed by atoms with Gasteiger partial charge >= 0.3 is 0 Å². The Morgan fingerprint density at radius 2 is 2.44 bits per heavy atom. The summed E-state index contributed by atoms with van der Waals surface area (Å²) in [5, 5.41) is 5.80. The molecule has 0 bridgehead atoms. The highest BCUT2D eigenvalue weighted by Crippen LogP contribution is 2.11. The topological polar surface area (TPSA) is 50.4 Å². The summed E-state index contributed by atoms with van der Waals surface area (Å²) in [5.41, 5.74) is 0. The monoisotopic (exact) mass is 224 g/mol. The fourth-order valence-corrected chi connectivity index (χ4v) is 1.66. The van der Waals surface area contributed by atoms with E-state index in [0.717, 1.165) is 26.0 Å². The molecule has 4 nitrogen and oxygen atoms in total. The highest BCUT2D eigenvalue weighted by molar-refractivity contribution is 5.81. The van der Waals surface area contributed by atoms with Crippen LogP contribution in [0.1, 0.15) is 26.2 Å². The maximum absolute atomic E-state index is 11.5. The van der Waals surface area contributed by atoms with Gasteiger partial charge in [-0.25, -0.2) is 0 Å². The molecule has 0 aliphatic carbocycles. The van der Waals surface area contributed by atoms with Crippen molar-refractivity contribution in [1.29, 1.82) is 0 Å². The van der Waals surface area contributed by atoms with Crippen molar-refractivity contribution in [3.63, 3.8) is 0 Å². The lowest BCUT2D eigenvalue weighted by molar-refractivity contribution is -0.122. The first-order valence-corrected chi connectivity index (χ1v) is 5.80. The molecule has 1 amide bonds. The molecule has 0 aromatic heterocycles. The maximum atomic E-state index is 11.5. The van der Waals surface area contributed by atoms with Crippen LogP contribution in [0.2, 0.25) is 0 Å². The summed E-state index contributed by atoms with van der Waals surface area (Å²) in [6, 6.07) is -0.223. The minimum atomic E-state index is -0.223. The second-order valence-corrected chi connectivity index (χ2v) is 4.04. The van der Waals surface area contributed by atoms with Gasteiger partial charge in [0.2, 0.25) is 5.91 Å². The zero-order valence-corrected chi connectivity index (χ0v) is 9.79. The number of carbonyl (C=O) groups is 1. The molecule has 1 rings (SSSR count). The van der Waals surface area contributed by atoms with Crippen LogP contribution < -0.4 is 10.6 Å². The van der Waals surface area contributed by atoms with Gasteiger partial charge in [-0.2, -0.15) is 0 Å². The van der Waals surface area contributed by atoms with Crippen LogP contribution in [0.5, 0.6) is 0 Å². The fourth-order valence-electron chi connectivity index (χ4n) is 1.66. The summed E-state index contributed by atoms with van der Waals surface area (Å²) >= 11 is 0. The summed E-state index contributed by atoms with van der Waals surface area (Å²) in [7, 11) is 0. The van der Waals surface area contributed by atoms with Crippen LogP contribution in [-0.4, -0.2) is 37.7 Å². The van der Waals surface area contributed by atoms with E-state index in [1.54, 1.807) is 0 Å². The molecule has 1 heterocycles. The lowest BCUT2D eigenvalue weighted by Crippen LogP contribution is -2.45. The standard InChI is InChI=1S/C12H20N2O2/c1-3-7-13-12(15)10(2)14-9-11-6-4-5-8-16-11/h1,10-11,14H,4-9H2,2H3,(H,13,15). The van der Waals surface area contributed by atoms with Crippen LogP contribution in [0.25, 0.3) is 0 Å². The van der Waals surface area contributed by atoms with E-state index >= 15 is 0 Å². The number of hydrogen-bond donors (Lipinski definition) is 2. The summed E-state index contributed by atoms with van der Waals surface area (Å²) in [5.74, 6) is 2.31. The van der Waals surface area contributed by atoms with E-state index in [0.29, 0.717) is 0 Å². The summed E-state index contributed by atoms with van der Waals surface area (Å²) < 4.78 is 5.56. The third-order valence-corrected chi connectivity index (χ3v) is 2.68. The molecule has 2 atom stereocenters. The van der Waals surface area contributed by atoms with E-state index < -0.39 is 0 Å². The molecule has 1 fully saturated rings. The van der Waals surface area contributed by atoms with Gasteiger partial charge in [0.25, 0.3) is 0 Å². The number of terminal acetylenes is 1. The minimum Gasteiger partial charge on any atom is -0.377 e. The van der Waals surface area contributed by atoms with Gasteiger partial charge < -0.3 is 15.4 Å². The highest BCUT2D eigenvalue weighted by atomic mass is 16.5. The first-order valence-electron chi connectivity index (χ1n) is 5.80. The highest BCUT2D eigenvalue weighted by Gasteiger charge is 2.17. The van der Waals surface area contributed by atoms with E-state index in [9.17, 15) is 4.79 Å². The molecule has 0 spiro atoms. The van der Waals surface area contributed by atoms with Gasteiger partial charge in [-0.05, 0) is 26.2 Å². The van der Waals surface area contributed by atoms with Gasteiger partial charge in [-0.3, -0.25) is 4.79 Å². The second kappa shape index (κ2) is 7.26. The Hall–Kier alpha value is -1.05. The van der Waals surface area contributed by atoms with E-state index in [1.165, 1.54) is 6.42 Å². The molecule has 2 N–H and O–H groups in total. The van der Waals surface area contributed by atoms with Crippen LogP contribution >= 0.6 is 0 Å². The maximum Gasteiger partial charge on any atom is 0.237 e. The zero-order valence-electron chi connectivity index (χ0n) is 9.79. The van der Waals surface area contributed by atoms with Gasteiger partial charge in [0.15, 0.2) is 0 Å². The molecular weight excluding hydrogens is 204 g/mol. The van der Waals surface area contributed by atoms with Crippen LogP contribution in [-0.2, 0) is 9.53 Å². The third-order valence-electron chi connectivity index (χ3n) is 2.68. The van der Waals surface area contributed by atoms with Crippen molar-refractivity contribution >= 4 is 5.91 Å². The molecule has 0 aromatic rings. The van der Waals surface area contributed by atoms with Crippen LogP contribution in [0.3, 0.4) is 0 Å². The molecule has 16 heavy (non-hydrogen) atoms. The van der Waals surface area contributed by atoms with Gasteiger partial charge in [0.05, 0.1) is 18.7 Å². The number of rotatable bonds is 5. The Balaban J connectivity index is 2.15. The molecule has 0 radical (unpaired) electrons. The predicted octanol–water partition coefficient (Wildman–Crippen LogP) is 0.283. The fraction of sp³-hybridized carbons (Fsp3) is 0.750. The molecule has 90 valence electrons. The molecule has 4 heteroatoms. The SMILES string of the molecule is C#CCNC(=O)C(C)NCC1CCCCO1. The number of nitrogens with one attached hydrogen (secondary N) is 2. The molecule has 0 aromatic carbocycles. The number of carbonyl (C=O) groups excluding carboxylic acids is 1. The quantitative estimate of drug-likeness (QED) is 0.660. The van der Waals surface area contributed by atoms with Crippen LogP contribution in [0, 0.1) is 12.3 Å². The molecule has 1 aliphatic heterocycles. The normalized spacial score (nSPS) is 22.1. The van der Waals surface area contributed by atoms with E-state index in [-0.39, 0.29) is 24.6 Å². The van der Waals surface area contributed by atoms with Gasteiger partial charge in [0.1, 0.15) is 0 Å². The zero-order chi connectivity index (χ0) is 11.8. The average Bonchev–Trinajstić information content (AvgIpc) is 2.34. The number of hydrogen-bond acceptors (Lipinski definition) is 3. The van der Waals surface area contributed by atoms with E-state index in [2.05, 4.69) is 16.6 Å². The Morgan fingerprint density at radius 1 is 1.62 bits per heavy atom. The smallest absolute Gasteiger partial charge is 0.237 e. The predicted molar refractivity (Wildman–Crippen MR) is 62.9 cm³/mol. The van der Waals surface area contributed by atoms with Crippen molar-refractivity contribution in [1.82, 2.24) is 10.6 Å². The summed E-state index contributed by atoms with van der Waals surface area (Å²) in [6.07, 6.45) is 8.74. The van der Waals surface area contributed by atoms with Crippen molar-refractivity contribution in [2.75, 3.05) is 19.7 Å². The van der Waals surface area contributed by atoms with E-state index in [1.807, 2.05) is 6.92 Å². The molecule has 1 saturated heterocycles. The Labute approximate surface area is 97.1 Å². The van der Waals surface area contributed by atoms with Crippen molar-refractivity contribution in [3.8, 4) is 12.3 Å². The summed E-state index contributed by atoms with van der Waals surface area (Å²) in [4.78, 5) is 11.5. The Bertz CT molecular complexity index is 254. The van der Waals surface area contributed by atoms with Crippen molar-refractivity contribution in [2.24, 2.45) is 0 Å². The summed E-state index contributed by atoms with van der Waals surface area (Å²) in [6.45, 7) is 3.67. The molecule has 2 unspecified atom stereocenters. The first kappa shape index (κ1) is 13.0. The molecule has 0 saturated carbocycles. The lowest BCUT2D eigenvalue weighted by Gasteiger charge is -2.24. The van der Waals surface area contributed by atoms with Gasteiger partial charge in [0, 0.05) is 13.2 Å². The lowest BCUT2D eigenvalue weighted by atomic mass is 10.1. The minimum absolute atomic E-state index is 0.0613. The van der Waals surface area contributed by atoms with Crippen molar-refractivity contribution in [3.05, 3.63) is 0 Å². The van der Waals surface area contributed by atoms with Crippen LogP contribution in [0.15, 0.2) is 0 Å². The molecular formula is C12H20N2O2. The number of ether oxygens (including phenoxy) is 1. The number of amides is 1. The Kier molecular flexibility index (Phi) is 5.91. The molecule has 1 aliphatic rings. The second-order valence-electron chi connectivity index (χ2n) is 4.04. The van der Waals surface area contributed by atoms with E-state index in [4.69, 9.17) is 11.2 Å². The van der Waals surface area contributed by atoms with Crippen molar-refractivity contribution in [2.45, 2.75) is 38.3 Å². The van der Waals surface area contributed by atoms with Crippen LogP contribution in [0.4, 0.5) is 0 Å². The first-order chi connectivity index (χ1) is 7.74.